The van der Waals surface area contributed by atoms with E-state index >= 15 is 0 Å². The van der Waals surface area contributed by atoms with Crippen LogP contribution in [0.15, 0.2) is 36.4 Å². The highest BCUT2D eigenvalue weighted by molar-refractivity contribution is 5.84. The summed E-state index contributed by atoms with van der Waals surface area (Å²) in [5.74, 6) is 1.55. The van der Waals surface area contributed by atoms with Gasteiger partial charge in [0, 0.05) is 50.9 Å². The average molecular weight is 511 g/mol. The van der Waals surface area contributed by atoms with Gasteiger partial charge in [-0.15, -0.1) is 10.2 Å². The fourth-order valence-corrected chi connectivity index (χ4v) is 4.66. The molecule has 1 aromatic heterocycles. The standard InChI is InChI=1S/C27H38N6O4/c1-20(2)28-27(35)33(18-23-6-4-17-37-23)19-26(34)32-14-5-13-31(15-16-32)25-12-11-24(29-30-25)21-7-9-22(36-3)10-8-21/h7-12,20,23H,4-6,13-19H2,1-3H3,(H,28,35). The van der Waals surface area contributed by atoms with E-state index in [1.54, 1.807) is 12.0 Å². The minimum Gasteiger partial charge on any atom is -0.497 e. The number of benzene rings is 1. The van der Waals surface area contributed by atoms with Crippen LogP contribution in [-0.2, 0) is 9.53 Å². The van der Waals surface area contributed by atoms with Crippen LogP contribution in [0.3, 0.4) is 0 Å². The fraction of sp³-hybridized carbons (Fsp3) is 0.556. The molecule has 10 heteroatoms. The van der Waals surface area contributed by atoms with Crippen LogP contribution in [0, 0.1) is 0 Å². The molecule has 10 nitrogen and oxygen atoms in total. The predicted octanol–water partition coefficient (Wildman–Crippen LogP) is 2.79. The summed E-state index contributed by atoms with van der Waals surface area (Å²) in [7, 11) is 1.64. The largest absolute Gasteiger partial charge is 0.497 e. The minimum absolute atomic E-state index is 0.00133. The van der Waals surface area contributed by atoms with Gasteiger partial charge in [-0.1, -0.05) is 0 Å². The lowest BCUT2D eigenvalue weighted by Gasteiger charge is -2.29. The second-order valence-corrected chi connectivity index (χ2v) is 9.85. The molecule has 2 aromatic rings. The third-order valence-electron chi connectivity index (χ3n) is 6.68. The van der Waals surface area contributed by atoms with Crippen molar-refractivity contribution in [3.8, 4) is 17.0 Å². The Labute approximate surface area is 218 Å². The van der Waals surface area contributed by atoms with E-state index in [1.165, 1.54) is 0 Å². The van der Waals surface area contributed by atoms with Gasteiger partial charge in [0.15, 0.2) is 5.82 Å². The number of nitrogens with one attached hydrogen (secondary N) is 1. The Balaban J connectivity index is 1.34. The van der Waals surface area contributed by atoms with Crippen LogP contribution in [-0.4, -0.2) is 97.1 Å². The Hall–Kier alpha value is -3.40. The van der Waals surface area contributed by atoms with Gasteiger partial charge in [-0.25, -0.2) is 4.79 Å². The zero-order valence-electron chi connectivity index (χ0n) is 22.1. The zero-order valence-corrected chi connectivity index (χ0v) is 22.1. The van der Waals surface area contributed by atoms with Crippen molar-refractivity contribution < 1.29 is 19.1 Å². The summed E-state index contributed by atoms with van der Waals surface area (Å²) in [5.41, 5.74) is 1.77. The number of methoxy groups -OCH3 is 1. The number of rotatable bonds is 8. The number of nitrogens with zero attached hydrogens (tertiary/aromatic N) is 5. The molecule has 3 amide bonds. The van der Waals surface area contributed by atoms with Gasteiger partial charge in [0.25, 0.3) is 0 Å². The summed E-state index contributed by atoms with van der Waals surface area (Å²) in [6, 6.07) is 11.4. The molecule has 1 atom stereocenters. The molecular formula is C27H38N6O4. The lowest BCUT2D eigenvalue weighted by molar-refractivity contribution is -0.131. The van der Waals surface area contributed by atoms with Gasteiger partial charge in [0.05, 0.1) is 18.9 Å². The van der Waals surface area contributed by atoms with Gasteiger partial charge in [0.1, 0.15) is 12.3 Å². The SMILES string of the molecule is COc1ccc(-c2ccc(N3CCCN(C(=O)CN(CC4CCCO4)C(=O)NC(C)C)CC3)nn2)cc1. The molecule has 3 heterocycles. The van der Waals surface area contributed by atoms with Crippen molar-refractivity contribution in [2.75, 3.05) is 57.9 Å². The van der Waals surface area contributed by atoms with Crippen LogP contribution < -0.4 is 15.0 Å². The van der Waals surface area contributed by atoms with Gasteiger partial charge >= 0.3 is 6.03 Å². The molecule has 2 fully saturated rings. The normalized spacial score (nSPS) is 18.0. The molecule has 0 radical (unpaired) electrons. The molecule has 200 valence electrons. The van der Waals surface area contributed by atoms with Crippen LogP contribution in [0.2, 0.25) is 0 Å². The van der Waals surface area contributed by atoms with Crippen LogP contribution in [0.4, 0.5) is 10.6 Å². The molecule has 2 aliphatic rings. The summed E-state index contributed by atoms with van der Waals surface area (Å²) in [6.07, 6.45) is 2.71. The first-order chi connectivity index (χ1) is 17.9. The third-order valence-corrected chi connectivity index (χ3v) is 6.68. The Kier molecular flexibility index (Phi) is 9.16. The number of carbonyl (C=O) groups excluding carboxylic acids is 2. The molecular weight excluding hydrogens is 472 g/mol. The highest BCUT2D eigenvalue weighted by Gasteiger charge is 2.27. The van der Waals surface area contributed by atoms with Crippen LogP contribution in [0.25, 0.3) is 11.3 Å². The Bertz CT molecular complexity index is 1020. The molecule has 1 aromatic carbocycles. The number of hydrogen-bond donors (Lipinski definition) is 1. The van der Waals surface area contributed by atoms with Crippen molar-refractivity contribution in [3.05, 3.63) is 36.4 Å². The van der Waals surface area contributed by atoms with E-state index in [0.717, 1.165) is 48.6 Å². The van der Waals surface area contributed by atoms with Crippen LogP contribution in [0.5, 0.6) is 5.75 Å². The lowest BCUT2D eigenvalue weighted by atomic mass is 10.1. The van der Waals surface area contributed by atoms with Gasteiger partial charge in [-0.2, -0.15) is 0 Å². The van der Waals surface area contributed by atoms with Gasteiger partial charge < -0.3 is 29.5 Å². The Morgan fingerprint density at radius 1 is 1.08 bits per heavy atom. The van der Waals surface area contributed by atoms with Crippen molar-refractivity contribution in [1.29, 1.82) is 0 Å². The molecule has 1 unspecified atom stereocenters. The van der Waals surface area contributed by atoms with Crippen molar-refractivity contribution in [2.24, 2.45) is 0 Å². The van der Waals surface area contributed by atoms with E-state index in [-0.39, 0.29) is 30.6 Å². The van der Waals surface area contributed by atoms with Gasteiger partial charge in [0.2, 0.25) is 5.91 Å². The number of carbonyl (C=O) groups is 2. The van der Waals surface area contributed by atoms with Crippen molar-refractivity contribution in [1.82, 2.24) is 25.3 Å². The maximum atomic E-state index is 13.2. The van der Waals surface area contributed by atoms with E-state index < -0.39 is 0 Å². The third kappa shape index (κ3) is 7.31. The highest BCUT2D eigenvalue weighted by Crippen LogP contribution is 2.22. The Morgan fingerprint density at radius 2 is 1.89 bits per heavy atom. The Morgan fingerprint density at radius 3 is 2.54 bits per heavy atom. The summed E-state index contributed by atoms with van der Waals surface area (Å²) < 4.78 is 10.9. The van der Waals surface area contributed by atoms with E-state index in [1.807, 2.05) is 55.1 Å². The second kappa shape index (κ2) is 12.7. The zero-order chi connectivity index (χ0) is 26.2. The molecule has 2 aliphatic heterocycles. The summed E-state index contributed by atoms with van der Waals surface area (Å²) >= 11 is 0. The molecule has 0 spiro atoms. The average Bonchev–Trinajstić information content (AvgIpc) is 3.29. The number of anilines is 1. The molecule has 0 bridgehead atoms. The monoisotopic (exact) mass is 510 g/mol. The van der Waals surface area contributed by atoms with Crippen molar-refractivity contribution in [2.45, 2.75) is 45.3 Å². The van der Waals surface area contributed by atoms with Crippen LogP contribution >= 0.6 is 0 Å². The summed E-state index contributed by atoms with van der Waals surface area (Å²) in [4.78, 5) is 31.6. The molecule has 0 aliphatic carbocycles. The first-order valence-electron chi connectivity index (χ1n) is 13.1. The summed E-state index contributed by atoms with van der Waals surface area (Å²) in [6.45, 7) is 7.69. The number of aromatic nitrogens is 2. The quantitative estimate of drug-likeness (QED) is 0.583. The fourth-order valence-electron chi connectivity index (χ4n) is 4.66. The molecule has 1 N–H and O–H groups in total. The highest BCUT2D eigenvalue weighted by atomic mass is 16.5. The van der Waals surface area contributed by atoms with E-state index in [9.17, 15) is 9.59 Å². The van der Waals surface area contributed by atoms with Crippen molar-refractivity contribution >= 4 is 17.8 Å². The maximum absolute atomic E-state index is 13.2. The topological polar surface area (TPSA) is 100 Å². The van der Waals surface area contributed by atoms with Gasteiger partial charge in [-0.3, -0.25) is 4.79 Å². The number of ether oxygens (including phenoxy) is 2. The minimum atomic E-state index is -0.220. The molecule has 2 saturated heterocycles. The molecule has 37 heavy (non-hydrogen) atoms. The number of urea groups is 1. The smallest absolute Gasteiger partial charge is 0.318 e. The number of hydrogen-bond acceptors (Lipinski definition) is 7. The van der Waals surface area contributed by atoms with E-state index in [2.05, 4.69) is 20.4 Å². The molecule has 0 saturated carbocycles. The van der Waals surface area contributed by atoms with Crippen molar-refractivity contribution in [3.63, 3.8) is 0 Å². The first kappa shape index (κ1) is 26.7. The predicted molar refractivity (Wildman–Crippen MR) is 142 cm³/mol. The maximum Gasteiger partial charge on any atom is 0.318 e. The molecule has 4 rings (SSSR count). The van der Waals surface area contributed by atoms with E-state index in [0.29, 0.717) is 32.8 Å². The lowest BCUT2D eigenvalue weighted by Crippen LogP contribution is -2.51. The first-order valence-corrected chi connectivity index (χ1v) is 13.1. The number of amides is 3. The second-order valence-electron chi connectivity index (χ2n) is 9.85. The van der Waals surface area contributed by atoms with E-state index in [4.69, 9.17) is 9.47 Å². The van der Waals surface area contributed by atoms with Crippen LogP contribution in [0.1, 0.15) is 33.1 Å². The van der Waals surface area contributed by atoms with Gasteiger partial charge in [-0.05, 0) is 69.5 Å². The summed E-state index contributed by atoms with van der Waals surface area (Å²) in [5, 5.41) is 11.8.